The highest BCUT2D eigenvalue weighted by Gasteiger charge is 2.28. The number of thioether (sulfide) groups is 1. The van der Waals surface area contributed by atoms with Gasteiger partial charge in [-0.15, -0.1) is 11.8 Å². The molecule has 0 aromatic heterocycles. The van der Waals surface area contributed by atoms with Crippen molar-refractivity contribution in [1.29, 1.82) is 0 Å². The minimum absolute atomic E-state index is 0.0512. The molecule has 1 atom stereocenters. The number of nitrogens with zero attached hydrogens (tertiary/aromatic N) is 1. The van der Waals surface area contributed by atoms with E-state index in [9.17, 15) is 9.59 Å². The van der Waals surface area contributed by atoms with Gasteiger partial charge in [0.05, 0.1) is 10.0 Å². The highest BCUT2D eigenvalue weighted by molar-refractivity contribution is 7.99. The number of amides is 2. The molecule has 4 nitrogen and oxygen atoms in total. The molecule has 0 heterocycles. The molecule has 1 saturated carbocycles. The van der Waals surface area contributed by atoms with E-state index < -0.39 is 6.04 Å². The molecule has 2 aromatic rings. The molecule has 1 aliphatic rings. The van der Waals surface area contributed by atoms with Gasteiger partial charge in [-0.05, 0) is 56.5 Å². The second-order valence-corrected chi connectivity index (χ2v) is 10.3. The first-order valence-electron chi connectivity index (χ1n) is 11.1. The fraction of sp³-hybridized carbons (Fsp3) is 0.440. The van der Waals surface area contributed by atoms with Crippen molar-refractivity contribution in [3.8, 4) is 0 Å². The minimum atomic E-state index is -0.568. The number of nitrogens with one attached hydrogen (secondary N) is 1. The summed E-state index contributed by atoms with van der Waals surface area (Å²) in [5.74, 6) is 0.498. The highest BCUT2D eigenvalue weighted by Crippen LogP contribution is 2.25. The van der Waals surface area contributed by atoms with Crippen molar-refractivity contribution in [2.24, 2.45) is 0 Å². The summed E-state index contributed by atoms with van der Waals surface area (Å²) < 4.78 is 0. The number of carbonyl (C=O) groups excluding carboxylic acids is 2. The van der Waals surface area contributed by atoms with Crippen molar-refractivity contribution in [1.82, 2.24) is 10.2 Å². The largest absolute Gasteiger partial charge is 0.352 e. The van der Waals surface area contributed by atoms with Crippen LogP contribution in [0.2, 0.25) is 10.0 Å². The smallest absolute Gasteiger partial charge is 0.242 e. The SMILES string of the molecule is Cc1ccc(SCCC(=O)N(Cc2ccc(Cl)c(Cl)c2)[C@H](C)C(=O)NC2CCCC2)cc1. The van der Waals surface area contributed by atoms with Gasteiger partial charge in [-0.3, -0.25) is 9.59 Å². The number of hydrogen-bond donors (Lipinski definition) is 1. The molecule has 172 valence electrons. The molecular formula is C25H30Cl2N2O2S. The fourth-order valence-corrected chi connectivity index (χ4v) is 5.01. The van der Waals surface area contributed by atoms with Gasteiger partial charge in [-0.1, -0.05) is 59.8 Å². The van der Waals surface area contributed by atoms with Gasteiger partial charge < -0.3 is 10.2 Å². The summed E-state index contributed by atoms with van der Waals surface area (Å²) in [6.07, 6.45) is 4.64. The van der Waals surface area contributed by atoms with E-state index in [0.29, 0.717) is 28.8 Å². The Labute approximate surface area is 205 Å². The summed E-state index contributed by atoms with van der Waals surface area (Å²) >= 11 is 13.9. The molecule has 3 rings (SSSR count). The predicted octanol–water partition coefficient (Wildman–Crippen LogP) is 6.26. The molecule has 1 N–H and O–H groups in total. The van der Waals surface area contributed by atoms with Crippen LogP contribution in [0, 0.1) is 6.92 Å². The van der Waals surface area contributed by atoms with Crippen LogP contribution in [-0.4, -0.2) is 34.6 Å². The van der Waals surface area contributed by atoms with Crippen LogP contribution in [-0.2, 0) is 16.1 Å². The summed E-state index contributed by atoms with van der Waals surface area (Å²) in [6, 6.07) is 13.2. The Bertz CT molecular complexity index is 930. The van der Waals surface area contributed by atoms with E-state index in [2.05, 4.69) is 36.5 Å². The van der Waals surface area contributed by atoms with Crippen LogP contribution in [0.1, 0.15) is 50.2 Å². The first-order valence-corrected chi connectivity index (χ1v) is 12.8. The van der Waals surface area contributed by atoms with Crippen molar-refractivity contribution in [2.75, 3.05) is 5.75 Å². The van der Waals surface area contributed by atoms with Crippen LogP contribution in [0.3, 0.4) is 0 Å². The number of hydrogen-bond acceptors (Lipinski definition) is 3. The lowest BCUT2D eigenvalue weighted by Crippen LogP contribution is -2.49. The Morgan fingerprint density at radius 1 is 1.09 bits per heavy atom. The van der Waals surface area contributed by atoms with Crippen LogP contribution in [0.5, 0.6) is 0 Å². The average Bonchev–Trinajstić information content (AvgIpc) is 3.28. The van der Waals surface area contributed by atoms with Gasteiger partial charge >= 0.3 is 0 Å². The molecule has 1 fully saturated rings. The lowest BCUT2D eigenvalue weighted by Gasteiger charge is -2.30. The van der Waals surface area contributed by atoms with E-state index in [0.717, 1.165) is 36.1 Å². The second kappa shape index (κ2) is 12.0. The third-order valence-corrected chi connectivity index (χ3v) is 7.56. The Morgan fingerprint density at radius 3 is 2.44 bits per heavy atom. The lowest BCUT2D eigenvalue weighted by molar-refractivity contribution is -0.140. The van der Waals surface area contributed by atoms with Crippen LogP contribution in [0.25, 0.3) is 0 Å². The van der Waals surface area contributed by atoms with E-state index >= 15 is 0 Å². The van der Waals surface area contributed by atoms with Crippen LogP contribution >= 0.6 is 35.0 Å². The van der Waals surface area contributed by atoms with Gasteiger partial charge in [0.25, 0.3) is 0 Å². The predicted molar refractivity (Wildman–Crippen MR) is 133 cm³/mol. The van der Waals surface area contributed by atoms with Gasteiger partial charge in [0.2, 0.25) is 11.8 Å². The number of benzene rings is 2. The van der Waals surface area contributed by atoms with Crippen LogP contribution in [0.4, 0.5) is 0 Å². The van der Waals surface area contributed by atoms with E-state index in [1.165, 1.54) is 5.56 Å². The van der Waals surface area contributed by atoms with E-state index in [1.54, 1.807) is 35.7 Å². The van der Waals surface area contributed by atoms with Gasteiger partial charge in [-0.25, -0.2) is 0 Å². The van der Waals surface area contributed by atoms with Gasteiger partial charge in [0.15, 0.2) is 0 Å². The van der Waals surface area contributed by atoms with Gasteiger partial charge in [0.1, 0.15) is 6.04 Å². The maximum atomic E-state index is 13.2. The zero-order chi connectivity index (χ0) is 23.1. The molecule has 2 amide bonds. The first-order chi connectivity index (χ1) is 15.3. The van der Waals surface area contributed by atoms with Crippen molar-refractivity contribution < 1.29 is 9.59 Å². The highest BCUT2D eigenvalue weighted by atomic mass is 35.5. The van der Waals surface area contributed by atoms with Crippen LogP contribution < -0.4 is 5.32 Å². The van der Waals surface area contributed by atoms with E-state index in [4.69, 9.17) is 23.2 Å². The monoisotopic (exact) mass is 492 g/mol. The van der Waals surface area contributed by atoms with Crippen molar-refractivity contribution in [3.63, 3.8) is 0 Å². The Morgan fingerprint density at radius 2 is 1.78 bits per heavy atom. The molecule has 7 heteroatoms. The van der Waals surface area contributed by atoms with Crippen molar-refractivity contribution >= 4 is 46.8 Å². The molecule has 0 bridgehead atoms. The molecule has 1 aliphatic carbocycles. The topological polar surface area (TPSA) is 49.4 Å². The number of halogens is 2. The summed E-state index contributed by atoms with van der Waals surface area (Å²) in [5.41, 5.74) is 2.06. The molecular weight excluding hydrogens is 463 g/mol. The molecule has 32 heavy (non-hydrogen) atoms. The maximum Gasteiger partial charge on any atom is 0.242 e. The van der Waals surface area contributed by atoms with Crippen LogP contribution in [0.15, 0.2) is 47.4 Å². The number of carbonyl (C=O) groups is 2. The zero-order valence-corrected chi connectivity index (χ0v) is 20.9. The first kappa shape index (κ1) is 24.9. The lowest BCUT2D eigenvalue weighted by atomic mass is 10.1. The molecule has 0 unspecified atom stereocenters. The number of aryl methyl sites for hydroxylation is 1. The van der Waals surface area contributed by atoms with Gasteiger partial charge in [0, 0.05) is 29.7 Å². The normalized spacial score (nSPS) is 14.9. The maximum absolute atomic E-state index is 13.2. The number of rotatable bonds is 9. The van der Waals surface area contributed by atoms with E-state index in [1.807, 2.05) is 6.07 Å². The second-order valence-electron chi connectivity index (χ2n) is 8.35. The molecule has 2 aromatic carbocycles. The molecule has 0 saturated heterocycles. The third kappa shape index (κ3) is 7.16. The Kier molecular flexibility index (Phi) is 9.33. The van der Waals surface area contributed by atoms with Gasteiger partial charge in [-0.2, -0.15) is 0 Å². The quantitative estimate of drug-likeness (QED) is 0.420. The van der Waals surface area contributed by atoms with E-state index in [-0.39, 0.29) is 17.9 Å². The summed E-state index contributed by atoms with van der Waals surface area (Å²) in [6.45, 7) is 4.16. The van der Waals surface area contributed by atoms with Crippen molar-refractivity contribution in [2.45, 2.75) is 69.5 Å². The minimum Gasteiger partial charge on any atom is -0.352 e. The third-order valence-electron chi connectivity index (χ3n) is 5.81. The Balaban J connectivity index is 1.67. The summed E-state index contributed by atoms with van der Waals surface area (Å²) in [7, 11) is 0. The molecule has 0 spiro atoms. The Hall–Kier alpha value is -1.69. The molecule has 0 radical (unpaired) electrons. The average molecular weight is 494 g/mol. The molecule has 0 aliphatic heterocycles. The standard InChI is InChI=1S/C25H30Cl2N2O2S/c1-17-7-10-21(11-8-17)32-14-13-24(30)29(16-19-9-12-22(26)23(27)15-19)18(2)25(31)28-20-5-3-4-6-20/h7-12,15,18,20H,3-6,13-14,16H2,1-2H3,(H,28,31)/t18-/m1/s1. The van der Waals surface area contributed by atoms with Crippen molar-refractivity contribution in [3.05, 3.63) is 63.6 Å². The fourth-order valence-electron chi connectivity index (χ4n) is 3.84. The summed E-state index contributed by atoms with van der Waals surface area (Å²) in [5, 5.41) is 4.03. The zero-order valence-electron chi connectivity index (χ0n) is 18.6. The summed E-state index contributed by atoms with van der Waals surface area (Å²) in [4.78, 5) is 28.9.